The molecular formula is C12H18N4OS. The number of carbonyl (C=O) groups is 1. The summed E-state index contributed by atoms with van der Waals surface area (Å²) < 4.78 is 0. The number of hydrazine groups is 1. The fourth-order valence-electron chi connectivity index (χ4n) is 1.23. The number of thiocarbonyl (C=S) groups is 1. The van der Waals surface area contributed by atoms with E-state index in [1.54, 1.807) is 0 Å². The lowest BCUT2D eigenvalue weighted by Crippen LogP contribution is -2.48. The second kappa shape index (κ2) is 7.50. The van der Waals surface area contributed by atoms with Gasteiger partial charge in [-0.25, -0.2) is 0 Å². The van der Waals surface area contributed by atoms with Crippen LogP contribution in [0.25, 0.3) is 0 Å². The van der Waals surface area contributed by atoms with Crippen LogP contribution < -0.4 is 21.5 Å². The van der Waals surface area contributed by atoms with E-state index in [2.05, 4.69) is 21.5 Å². The minimum absolute atomic E-state index is 0.184. The van der Waals surface area contributed by atoms with E-state index in [-0.39, 0.29) is 12.5 Å². The number of carbonyl (C=O) groups excluding carboxylic acids is 1. The number of rotatable bonds is 4. The minimum Gasteiger partial charge on any atom is -0.376 e. The SMILES string of the molecule is CCNC(=S)NNC(=O)CNc1ccc(C)cc1. The third-order valence-corrected chi connectivity index (χ3v) is 2.40. The maximum atomic E-state index is 11.5. The van der Waals surface area contributed by atoms with Crippen molar-refractivity contribution >= 4 is 28.9 Å². The summed E-state index contributed by atoms with van der Waals surface area (Å²) in [5.74, 6) is -0.184. The second-order valence-electron chi connectivity index (χ2n) is 3.75. The standard InChI is InChI=1S/C12H18N4OS/c1-3-13-12(18)16-15-11(17)8-14-10-6-4-9(2)5-7-10/h4-7,14H,3,8H2,1-2H3,(H,15,17)(H2,13,16,18). The van der Waals surface area contributed by atoms with E-state index in [1.807, 2.05) is 38.1 Å². The molecule has 5 nitrogen and oxygen atoms in total. The number of hydrogen-bond donors (Lipinski definition) is 4. The maximum Gasteiger partial charge on any atom is 0.257 e. The number of nitrogens with one attached hydrogen (secondary N) is 4. The van der Waals surface area contributed by atoms with Crippen molar-refractivity contribution in [3.63, 3.8) is 0 Å². The van der Waals surface area contributed by atoms with Gasteiger partial charge in [-0.3, -0.25) is 15.6 Å². The molecule has 0 saturated carbocycles. The van der Waals surface area contributed by atoms with Gasteiger partial charge in [-0.05, 0) is 38.2 Å². The number of amides is 1. The fraction of sp³-hybridized carbons (Fsp3) is 0.333. The van der Waals surface area contributed by atoms with Gasteiger partial charge in [-0.1, -0.05) is 17.7 Å². The van der Waals surface area contributed by atoms with Crippen molar-refractivity contribution in [2.75, 3.05) is 18.4 Å². The summed E-state index contributed by atoms with van der Waals surface area (Å²) >= 11 is 4.91. The Morgan fingerprint density at radius 2 is 1.89 bits per heavy atom. The molecule has 0 fully saturated rings. The van der Waals surface area contributed by atoms with E-state index >= 15 is 0 Å². The van der Waals surface area contributed by atoms with E-state index in [9.17, 15) is 4.79 Å². The molecule has 0 atom stereocenters. The first kappa shape index (κ1) is 14.2. The van der Waals surface area contributed by atoms with Crippen LogP contribution in [0.15, 0.2) is 24.3 Å². The van der Waals surface area contributed by atoms with Crippen LogP contribution in [-0.4, -0.2) is 24.1 Å². The summed E-state index contributed by atoms with van der Waals surface area (Å²) in [6, 6.07) is 7.83. The van der Waals surface area contributed by atoms with Crippen LogP contribution in [0.3, 0.4) is 0 Å². The molecule has 0 aromatic heterocycles. The van der Waals surface area contributed by atoms with Gasteiger partial charge in [0.25, 0.3) is 5.91 Å². The summed E-state index contributed by atoms with van der Waals surface area (Å²) in [5.41, 5.74) is 7.19. The Labute approximate surface area is 112 Å². The van der Waals surface area contributed by atoms with E-state index < -0.39 is 0 Å². The minimum atomic E-state index is -0.184. The monoisotopic (exact) mass is 266 g/mol. The van der Waals surface area contributed by atoms with Gasteiger partial charge in [-0.2, -0.15) is 0 Å². The number of anilines is 1. The molecule has 1 amide bonds. The zero-order valence-corrected chi connectivity index (χ0v) is 11.4. The molecule has 0 unspecified atom stereocenters. The van der Waals surface area contributed by atoms with Crippen molar-refractivity contribution in [2.24, 2.45) is 0 Å². The first-order chi connectivity index (χ1) is 8.61. The first-order valence-corrected chi connectivity index (χ1v) is 6.16. The van der Waals surface area contributed by atoms with E-state index in [1.165, 1.54) is 5.56 Å². The number of benzene rings is 1. The van der Waals surface area contributed by atoms with Gasteiger partial charge in [0.15, 0.2) is 5.11 Å². The van der Waals surface area contributed by atoms with E-state index in [0.717, 1.165) is 5.69 Å². The van der Waals surface area contributed by atoms with Crippen molar-refractivity contribution in [3.8, 4) is 0 Å². The second-order valence-corrected chi connectivity index (χ2v) is 4.16. The predicted molar refractivity (Wildman–Crippen MR) is 77.2 cm³/mol. The molecular weight excluding hydrogens is 248 g/mol. The Morgan fingerprint density at radius 1 is 1.22 bits per heavy atom. The lowest BCUT2D eigenvalue weighted by molar-refractivity contribution is -0.119. The van der Waals surface area contributed by atoms with Crippen LogP contribution in [0.1, 0.15) is 12.5 Å². The highest BCUT2D eigenvalue weighted by molar-refractivity contribution is 7.80. The largest absolute Gasteiger partial charge is 0.376 e. The van der Waals surface area contributed by atoms with Crippen molar-refractivity contribution in [3.05, 3.63) is 29.8 Å². The third kappa shape index (κ3) is 5.49. The first-order valence-electron chi connectivity index (χ1n) is 5.75. The maximum absolute atomic E-state index is 11.5. The van der Waals surface area contributed by atoms with Gasteiger partial charge in [0.1, 0.15) is 0 Å². The van der Waals surface area contributed by atoms with Crippen molar-refractivity contribution in [1.29, 1.82) is 0 Å². The Balaban J connectivity index is 2.24. The zero-order valence-electron chi connectivity index (χ0n) is 10.5. The molecule has 0 aliphatic rings. The smallest absolute Gasteiger partial charge is 0.257 e. The number of aryl methyl sites for hydroxylation is 1. The average Bonchev–Trinajstić information content (AvgIpc) is 2.36. The molecule has 18 heavy (non-hydrogen) atoms. The van der Waals surface area contributed by atoms with Crippen molar-refractivity contribution in [1.82, 2.24) is 16.2 Å². The molecule has 1 aromatic carbocycles. The molecule has 1 rings (SSSR count). The molecule has 0 saturated heterocycles. The third-order valence-electron chi connectivity index (χ3n) is 2.16. The highest BCUT2D eigenvalue weighted by atomic mass is 32.1. The molecule has 6 heteroatoms. The van der Waals surface area contributed by atoms with Gasteiger partial charge in [-0.15, -0.1) is 0 Å². The zero-order chi connectivity index (χ0) is 13.4. The average molecular weight is 266 g/mol. The van der Waals surface area contributed by atoms with E-state index in [0.29, 0.717) is 11.7 Å². The van der Waals surface area contributed by atoms with E-state index in [4.69, 9.17) is 12.2 Å². The lowest BCUT2D eigenvalue weighted by atomic mass is 10.2. The summed E-state index contributed by atoms with van der Waals surface area (Å²) in [6.07, 6.45) is 0. The molecule has 0 bridgehead atoms. The molecule has 0 aliphatic heterocycles. The van der Waals surface area contributed by atoms with Crippen LogP contribution in [-0.2, 0) is 4.79 Å². The Bertz CT molecular complexity index is 405. The van der Waals surface area contributed by atoms with Gasteiger partial charge in [0.2, 0.25) is 0 Å². The van der Waals surface area contributed by atoms with Crippen LogP contribution in [0.5, 0.6) is 0 Å². The normalized spacial score (nSPS) is 9.44. The van der Waals surface area contributed by atoms with Gasteiger partial charge >= 0.3 is 0 Å². The van der Waals surface area contributed by atoms with Crippen LogP contribution in [0.2, 0.25) is 0 Å². The molecule has 1 aromatic rings. The lowest BCUT2D eigenvalue weighted by Gasteiger charge is -2.11. The van der Waals surface area contributed by atoms with Crippen molar-refractivity contribution < 1.29 is 4.79 Å². The molecule has 4 N–H and O–H groups in total. The summed E-state index contributed by atoms with van der Waals surface area (Å²) in [4.78, 5) is 11.5. The summed E-state index contributed by atoms with van der Waals surface area (Å²) in [7, 11) is 0. The Hall–Kier alpha value is -1.82. The topological polar surface area (TPSA) is 65.2 Å². The van der Waals surface area contributed by atoms with Crippen molar-refractivity contribution in [2.45, 2.75) is 13.8 Å². The Kier molecular flexibility index (Phi) is 5.93. The quantitative estimate of drug-likeness (QED) is 0.482. The van der Waals surface area contributed by atoms with Crippen LogP contribution in [0.4, 0.5) is 5.69 Å². The van der Waals surface area contributed by atoms with Crippen LogP contribution in [0, 0.1) is 6.92 Å². The van der Waals surface area contributed by atoms with Gasteiger partial charge in [0.05, 0.1) is 6.54 Å². The van der Waals surface area contributed by atoms with Gasteiger partial charge in [0, 0.05) is 12.2 Å². The molecule has 0 aliphatic carbocycles. The molecule has 98 valence electrons. The highest BCUT2D eigenvalue weighted by Gasteiger charge is 2.01. The fourth-order valence-corrected chi connectivity index (χ4v) is 1.42. The molecule has 0 radical (unpaired) electrons. The highest BCUT2D eigenvalue weighted by Crippen LogP contribution is 2.07. The Morgan fingerprint density at radius 3 is 2.50 bits per heavy atom. The predicted octanol–water partition coefficient (Wildman–Crippen LogP) is 0.922. The summed E-state index contributed by atoms with van der Waals surface area (Å²) in [5, 5.41) is 6.28. The molecule has 0 heterocycles. The van der Waals surface area contributed by atoms with Crippen LogP contribution >= 0.6 is 12.2 Å². The molecule has 0 spiro atoms. The van der Waals surface area contributed by atoms with Gasteiger partial charge < -0.3 is 10.6 Å². The summed E-state index contributed by atoms with van der Waals surface area (Å²) in [6.45, 7) is 4.84. The number of hydrogen-bond acceptors (Lipinski definition) is 3.